The van der Waals surface area contributed by atoms with Crippen molar-refractivity contribution in [3.8, 4) is 0 Å². The third-order valence-electron chi connectivity index (χ3n) is 3.08. The summed E-state index contributed by atoms with van der Waals surface area (Å²) in [5.41, 5.74) is 2.39. The van der Waals surface area contributed by atoms with Crippen LogP contribution in [0.5, 0.6) is 0 Å². The van der Waals surface area contributed by atoms with E-state index in [0.717, 1.165) is 36.9 Å². The average molecular weight is 318 g/mol. The van der Waals surface area contributed by atoms with Gasteiger partial charge in [-0.25, -0.2) is 16.8 Å². The van der Waals surface area contributed by atoms with Crippen molar-refractivity contribution in [2.75, 3.05) is 34.3 Å². The van der Waals surface area contributed by atoms with Crippen LogP contribution in [0.15, 0.2) is 18.2 Å². The summed E-state index contributed by atoms with van der Waals surface area (Å²) in [4.78, 5) is 0. The van der Waals surface area contributed by atoms with E-state index in [1.165, 1.54) is 0 Å². The van der Waals surface area contributed by atoms with E-state index in [1.807, 2.05) is 6.07 Å². The molecule has 0 aliphatic carbocycles. The number of anilines is 2. The van der Waals surface area contributed by atoms with E-state index in [0.29, 0.717) is 5.69 Å². The molecule has 0 atom stereocenters. The van der Waals surface area contributed by atoms with Crippen LogP contribution in [0.3, 0.4) is 0 Å². The minimum absolute atomic E-state index is 0.379. The van der Waals surface area contributed by atoms with Crippen LogP contribution in [0, 0.1) is 0 Å². The molecule has 8 heteroatoms. The van der Waals surface area contributed by atoms with Gasteiger partial charge in [-0.3, -0.25) is 4.72 Å². The fourth-order valence-electron chi connectivity index (χ4n) is 2.09. The van der Waals surface area contributed by atoms with Crippen LogP contribution in [0.25, 0.3) is 0 Å². The zero-order valence-electron chi connectivity index (χ0n) is 11.2. The smallest absolute Gasteiger partial charge is 0.233 e. The van der Waals surface area contributed by atoms with Gasteiger partial charge in [-0.05, 0) is 30.5 Å². The highest BCUT2D eigenvalue weighted by Gasteiger charge is 2.18. The van der Waals surface area contributed by atoms with Gasteiger partial charge in [0.05, 0.1) is 17.2 Å². The molecule has 0 radical (unpaired) electrons. The molecule has 1 aromatic carbocycles. The summed E-state index contributed by atoms with van der Waals surface area (Å²) in [5.74, 6) is -0.807. The summed E-state index contributed by atoms with van der Waals surface area (Å²) < 4.78 is 48.5. The van der Waals surface area contributed by atoms with Crippen LogP contribution in [0.1, 0.15) is 12.0 Å². The summed E-state index contributed by atoms with van der Waals surface area (Å²) in [6, 6.07) is 5.37. The van der Waals surface area contributed by atoms with Gasteiger partial charge in [-0.2, -0.15) is 0 Å². The Hall–Kier alpha value is -1.28. The maximum Gasteiger partial charge on any atom is 0.233 e. The first kappa shape index (κ1) is 15.1. The Morgan fingerprint density at radius 2 is 1.95 bits per heavy atom. The van der Waals surface area contributed by atoms with Gasteiger partial charge in [0.1, 0.15) is 9.84 Å². The van der Waals surface area contributed by atoms with Gasteiger partial charge in [-0.1, -0.05) is 6.07 Å². The molecule has 1 aromatic rings. The van der Waals surface area contributed by atoms with Crippen molar-refractivity contribution in [2.45, 2.75) is 12.8 Å². The molecule has 0 aromatic heterocycles. The number of benzene rings is 1. The molecule has 0 saturated carbocycles. The Balaban J connectivity index is 2.17. The van der Waals surface area contributed by atoms with Gasteiger partial charge in [-0.15, -0.1) is 0 Å². The molecule has 2 N–H and O–H groups in total. The van der Waals surface area contributed by atoms with Gasteiger partial charge in [0.15, 0.2) is 0 Å². The summed E-state index contributed by atoms with van der Waals surface area (Å²) in [5, 5.41) is 3.21. The molecule has 1 aliphatic rings. The highest BCUT2D eigenvalue weighted by Crippen LogP contribution is 2.29. The zero-order chi connectivity index (χ0) is 14.8. The number of fused-ring (bicyclic) bond motifs is 1. The molecular formula is C12H18N2O4S2. The summed E-state index contributed by atoms with van der Waals surface area (Å²) >= 11 is 0. The molecule has 6 nitrogen and oxygen atoms in total. The molecule has 2 rings (SSSR count). The first-order valence-electron chi connectivity index (χ1n) is 6.31. The molecule has 0 unspecified atom stereocenters. The zero-order valence-corrected chi connectivity index (χ0v) is 12.9. The second kappa shape index (κ2) is 5.61. The maximum absolute atomic E-state index is 11.9. The fourth-order valence-corrected chi connectivity index (χ4v) is 4.80. The van der Waals surface area contributed by atoms with Crippen molar-refractivity contribution in [1.29, 1.82) is 0 Å². The van der Waals surface area contributed by atoms with E-state index in [2.05, 4.69) is 10.0 Å². The first-order valence-corrected chi connectivity index (χ1v) is 10.0. The minimum atomic E-state index is -3.66. The lowest BCUT2D eigenvalue weighted by Crippen LogP contribution is -2.23. The van der Waals surface area contributed by atoms with Gasteiger partial charge in [0.25, 0.3) is 0 Å². The normalized spacial score (nSPS) is 15.2. The quantitative estimate of drug-likeness (QED) is 0.839. The lowest BCUT2D eigenvalue weighted by atomic mass is 10.0. The van der Waals surface area contributed by atoms with Gasteiger partial charge in [0.2, 0.25) is 10.0 Å². The molecular weight excluding hydrogens is 300 g/mol. The van der Waals surface area contributed by atoms with Crippen LogP contribution in [-0.4, -0.2) is 41.1 Å². The molecule has 1 aliphatic heterocycles. The number of sulfonamides is 1. The van der Waals surface area contributed by atoms with Crippen molar-refractivity contribution in [2.24, 2.45) is 0 Å². The van der Waals surface area contributed by atoms with Crippen LogP contribution >= 0.6 is 0 Å². The molecule has 0 bridgehead atoms. The van der Waals surface area contributed by atoms with Gasteiger partial charge in [0, 0.05) is 18.5 Å². The Kier molecular flexibility index (Phi) is 4.24. The third-order valence-corrected chi connectivity index (χ3v) is 5.56. The largest absolute Gasteiger partial charge is 0.385 e. The van der Waals surface area contributed by atoms with Crippen LogP contribution in [-0.2, 0) is 26.3 Å². The fraction of sp³-hybridized carbons (Fsp3) is 0.500. The minimum Gasteiger partial charge on any atom is -0.385 e. The average Bonchev–Trinajstić information content (AvgIpc) is 2.36. The molecule has 1 heterocycles. The van der Waals surface area contributed by atoms with Crippen LogP contribution < -0.4 is 10.0 Å². The van der Waals surface area contributed by atoms with E-state index in [-0.39, 0.29) is 5.75 Å². The van der Waals surface area contributed by atoms with E-state index >= 15 is 0 Å². The summed E-state index contributed by atoms with van der Waals surface area (Å²) in [6.07, 6.45) is 2.76. The van der Waals surface area contributed by atoms with Crippen molar-refractivity contribution in [3.05, 3.63) is 23.8 Å². The molecule has 112 valence electrons. The van der Waals surface area contributed by atoms with Crippen molar-refractivity contribution in [1.82, 2.24) is 0 Å². The highest BCUT2D eigenvalue weighted by molar-refractivity contribution is 7.95. The third kappa shape index (κ3) is 4.11. The standard InChI is InChI=1S/C12H18N2O4S2/c1-19(15,16)8-9-20(17,18)14-12-6-2-5-11-10(12)4-3-7-13-11/h2,5-6,13-14H,3-4,7-9H2,1H3. The van der Waals surface area contributed by atoms with Gasteiger partial charge < -0.3 is 5.32 Å². The second-order valence-corrected chi connectivity index (χ2v) is 9.01. The number of hydrogen-bond acceptors (Lipinski definition) is 5. The van der Waals surface area contributed by atoms with Crippen molar-refractivity contribution >= 4 is 31.2 Å². The Morgan fingerprint density at radius 1 is 1.20 bits per heavy atom. The number of sulfone groups is 1. The molecule has 0 amide bonds. The van der Waals surface area contributed by atoms with E-state index in [1.54, 1.807) is 12.1 Å². The monoisotopic (exact) mass is 318 g/mol. The lowest BCUT2D eigenvalue weighted by Gasteiger charge is -2.21. The van der Waals surface area contributed by atoms with Crippen LogP contribution in [0.4, 0.5) is 11.4 Å². The summed E-state index contributed by atoms with van der Waals surface area (Å²) in [6.45, 7) is 0.872. The van der Waals surface area contributed by atoms with Crippen LogP contribution in [0.2, 0.25) is 0 Å². The number of rotatable bonds is 5. The van der Waals surface area contributed by atoms with Crippen molar-refractivity contribution in [3.63, 3.8) is 0 Å². The molecule has 0 saturated heterocycles. The van der Waals surface area contributed by atoms with E-state index in [4.69, 9.17) is 0 Å². The predicted octanol–water partition coefficient (Wildman–Crippen LogP) is 0.831. The van der Waals surface area contributed by atoms with Crippen molar-refractivity contribution < 1.29 is 16.8 Å². The predicted molar refractivity (Wildman–Crippen MR) is 80.4 cm³/mol. The van der Waals surface area contributed by atoms with E-state index < -0.39 is 25.6 Å². The topological polar surface area (TPSA) is 92.3 Å². The first-order chi connectivity index (χ1) is 9.27. The molecule has 0 spiro atoms. The number of hydrogen-bond donors (Lipinski definition) is 2. The summed E-state index contributed by atoms with van der Waals surface area (Å²) in [7, 11) is -6.96. The number of nitrogens with one attached hydrogen (secondary N) is 2. The SMILES string of the molecule is CS(=O)(=O)CCS(=O)(=O)Nc1cccc2c1CCCN2. The molecule has 0 fully saturated rings. The molecule has 20 heavy (non-hydrogen) atoms. The maximum atomic E-state index is 11.9. The Bertz CT molecular complexity index is 696. The second-order valence-electron chi connectivity index (χ2n) is 4.91. The van der Waals surface area contributed by atoms with Gasteiger partial charge >= 0.3 is 0 Å². The Morgan fingerprint density at radius 3 is 2.65 bits per heavy atom. The Labute approximate surface area is 119 Å². The highest BCUT2D eigenvalue weighted by atomic mass is 32.2. The van der Waals surface area contributed by atoms with E-state index in [9.17, 15) is 16.8 Å². The lowest BCUT2D eigenvalue weighted by molar-refractivity contribution is 0.593.